The molecule has 0 saturated heterocycles. The lowest BCUT2D eigenvalue weighted by molar-refractivity contribution is -0.146. The van der Waals surface area contributed by atoms with Crippen LogP contribution >= 0.6 is 23.4 Å². The molecule has 150 valence electrons. The molecule has 1 N–H and O–H groups in total. The number of benzene rings is 2. The quantitative estimate of drug-likeness (QED) is 0.421. The van der Waals surface area contributed by atoms with Crippen molar-refractivity contribution in [3.8, 4) is 0 Å². The van der Waals surface area contributed by atoms with Crippen LogP contribution < -0.4 is 5.32 Å². The molecule has 0 aliphatic carbocycles. The molecule has 0 aliphatic rings. The maximum Gasteiger partial charge on any atom is 0.319 e. The lowest BCUT2D eigenvalue weighted by Crippen LogP contribution is -2.23. The van der Waals surface area contributed by atoms with Crippen LogP contribution in [0, 0.1) is 5.82 Å². The van der Waals surface area contributed by atoms with Gasteiger partial charge in [-0.2, -0.15) is 0 Å². The molecule has 4 nitrogen and oxygen atoms in total. The fourth-order valence-corrected chi connectivity index (χ4v) is 3.90. The van der Waals surface area contributed by atoms with E-state index in [0.29, 0.717) is 16.9 Å². The van der Waals surface area contributed by atoms with Gasteiger partial charge in [0.2, 0.25) is 0 Å². The fraction of sp³-hybridized carbons (Fsp3) is 0.333. The average molecular weight is 424 g/mol. The molecule has 0 heterocycles. The summed E-state index contributed by atoms with van der Waals surface area (Å²) in [5.74, 6) is -1.41. The SMILES string of the molecule is CCCC(Sc1cc(NC(=O)c2ccccc2)c(F)cc1Cl)C(=O)OC(C)C. The van der Waals surface area contributed by atoms with Gasteiger partial charge in [0.15, 0.2) is 0 Å². The minimum absolute atomic E-state index is 0.00762. The van der Waals surface area contributed by atoms with Crippen molar-refractivity contribution in [1.82, 2.24) is 0 Å². The summed E-state index contributed by atoms with van der Waals surface area (Å²) < 4.78 is 19.6. The van der Waals surface area contributed by atoms with Gasteiger partial charge in [0, 0.05) is 10.5 Å². The smallest absolute Gasteiger partial charge is 0.319 e. The molecule has 1 unspecified atom stereocenters. The molecular formula is C21H23ClFNO3S. The van der Waals surface area contributed by atoms with Crippen molar-refractivity contribution < 1.29 is 18.7 Å². The van der Waals surface area contributed by atoms with Gasteiger partial charge in [-0.1, -0.05) is 43.1 Å². The lowest BCUT2D eigenvalue weighted by Gasteiger charge is -2.18. The van der Waals surface area contributed by atoms with E-state index in [1.54, 1.807) is 44.2 Å². The van der Waals surface area contributed by atoms with E-state index in [4.69, 9.17) is 16.3 Å². The first kappa shape index (κ1) is 22.2. The first-order valence-electron chi connectivity index (χ1n) is 9.04. The number of amides is 1. The molecule has 1 amide bonds. The van der Waals surface area contributed by atoms with Crippen LogP contribution in [0.1, 0.15) is 44.0 Å². The Balaban J connectivity index is 2.23. The summed E-state index contributed by atoms with van der Waals surface area (Å²) in [6.07, 6.45) is 1.15. The van der Waals surface area contributed by atoms with E-state index in [2.05, 4.69) is 5.32 Å². The monoisotopic (exact) mass is 423 g/mol. The second-order valence-corrected chi connectivity index (χ2v) is 8.12. The molecule has 0 bridgehead atoms. The van der Waals surface area contributed by atoms with Crippen LogP contribution in [-0.2, 0) is 9.53 Å². The van der Waals surface area contributed by atoms with E-state index in [0.717, 1.165) is 12.5 Å². The second kappa shape index (κ2) is 10.5. The van der Waals surface area contributed by atoms with Crippen molar-refractivity contribution in [2.45, 2.75) is 49.9 Å². The Labute approximate surface area is 173 Å². The van der Waals surface area contributed by atoms with Crippen LogP contribution in [0.5, 0.6) is 0 Å². The van der Waals surface area contributed by atoms with Gasteiger partial charge in [-0.25, -0.2) is 4.39 Å². The van der Waals surface area contributed by atoms with E-state index in [1.807, 2.05) is 6.92 Å². The molecule has 0 aromatic heterocycles. The molecule has 1 atom stereocenters. The average Bonchev–Trinajstić information content (AvgIpc) is 2.65. The third kappa shape index (κ3) is 6.24. The first-order valence-corrected chi connectivity index (χ1v) is 10.3. The van der Waals surface area contributed by atoms with Gasteiger partial charge in [0.25, 0.3) is 5.91 Å². The standard InChI is InChI=1S/C21H23ClFNO3S/c1-4-8-18(21(26)27-13(2)3)28-19-12-17(16(23)11-15(19)22)24-20(25)14-9-6-5-7-10-14/h5-7,9-13,18H,4,8H2,1-3H3,(H,24,25). The van der Waals surface area contributed by atoms with Crippen molar-refractivity contribution in [3.05, 3.63) is 58.9 Å². The molecule has 0 saturated carbocycles. The van der Waals surface area contributed by atoms with Crippen LogP contribution in [-0.4, -0.2) is 23.2 Å². The predicted octanol–water partition coefficient (Wildman–Crippen LogP) is 5.94. The lowest BCUT2D eigenvalue weighted by atomic mass is 10.2. The number of carbonyl (C=O) groups is 2. The zero-order valence-electron chi connectivity index (χ0n) is 16.0. The van der Waals surface area contributed by atoms with E-state index >= 15 is 0 Å². The summed E-state index contributed by atoms with van der Waals surface area (Å²) in [6, 6.07) is 11.1. The van der Waals surface area contributed by atoms with Crippen molar-refractivity contribution in [2.24, 2.45) is 0 Å². The third-order valence-corrected chi connectivity index (χ3v) is 5.47. The summed E-state index contributed by atoms with van der Waals surface area (Å²) in [5.41, 5.74) is 0.420. The first-order chi connectivity index (χ1) is 13.3. The molecule has 0 fully saturated rings. The van der Waals surface area contributed by atoms with Gasteiger partial charge < -0.3 is 10.1 Å². The highest BCUT2D eigenvalue weighted by Crippen LogP contribution is 2.36. The van der Waals surface area contributed by atoms with Crippen molar-refractivity contribution in [2.75, 3.05) is 5.32 Å². The van der Waals surface area contributed by atoms with E-state index in [-0.39, 0.29) is 22.8 Å². The maximum atomic E-state index is 14.3. The molecule has 0 spiro atoms. The number of hydrogen-bond acceptors (Lipinski definition) is 4. The minimum Gasteiger partial charge on any atom is -0.462 e. The zero-order valence-corrected chi connectivity index (χ0v) is 17.6. The fourth-order valence-electron chi connectivity index (χ4n) is 2.45. The number of ether oxygens (including phenoxy) is 1. The molecule has 2 aromatic carbocycles. The summed E-state index contributed by atoms with van der Waals surface area (Å²) in [6.45, 7) is 5.54. The summed E-state index contributed by atoms with van der Waals surface area (Å²) in [7, 11) is 0. The Morgan fingerprint density at radius 3 is 2.50 bits per heavy atom. The highest BCUT2D eigenvalue weighted by Gasteiger charge is 2.24. The normalized spacial score (nSPS) is 11.9. The number of rotatable bonds is 8. The van der Waals surface area contributed by atoms with Gasteiger partial charge in [-0.3, -0.25) is 9.59 Å². The Bertz CT molecular complexity index is 830. The van der Waals surface area contributed by atoms with E-state index < -0.39 is 17.0 Å². The maximum absolute atomic E-state index is 14.3. The third-order valence-electron chi connectivity index (χ3n) is 3.74. The van der Waals surface area contributed by atoms with Crippen LogP contribution in [0.2, 0.25) is 5.02 Å². The molecule has 28 heavy (non-hydrogen) atoms. The van der Waals surface area contributed by atoms with Crippen LogP contribution in [0.3, 0.4) is 0 Å². The summed E-state index contributed by atoms with van der Waals surface area (Å²) in [5, 5.41) is 2.27. The Kier molecular flexibility index (Phi) is 8.33. The Morgan fingerprint density at radius 1 is 1.21 bits per heavy atom. The van der Waals surface area contributed by atoms with Gasteiger partial charge in [-0.15, -0.1) is 11.8 Å². The van der Waals surface area contributed by atoms with Gasteiger partial charge in [0.1, 0.15) is 11.1 Å². The van der Waals surface area contributed by atoms with E-state index in [9.17, 15) is 14.0 Å². The van der Waals surface area contributed by atoms with Gasteiger partial charge in [0.05, 0.1) is 16.8 Å². The molecule has 0 radical (unpaired) electrons. The molecule has 7 heteroatoms. The Hall–Kier alpha value is -2.05. The highest BCUT2D eigenvalue weighted by molar-refractivity contribution is 8.00. The second-order valence-electron chi connectivity index (χ2n) is 6.46. The number of halogens is 2. The number of anilines is 1. The van der Waals surface area contributed by atoms with Crippen molar-refractivity contribution in [1.29, 1.82) is 0 Å². The van der Waals surface area contributed by atoms with E-state index in [1.165, 1.54) is 17.8 Å². The number of nitrogens with one attached hydrogen (secondary N) is 1. The number of esters is 1. The van der Waals surface area contributed by atoms with Crippen LogP contribution in [0.15, 0.2) is 47.4 Å². The molecule has 2 rings (SSSR count). The summed E-state index contributed by atoms with van der Waals surface area (Å²) >= 11 is 7.40. The zero-order chi connectivity index (χ0) is 20.7. The molecule has 0 aliphatic heterocycles. The minimum atomic E-state index is -0.643. The molecular weight excluding hydrogens is 401 g/mol. The molecule has 2 aromatic rings. The predicted molar refractivity (Wildman–Crippen MR) is 112 cm³/mol. The largest absolute Gasteiger partial charge is 0.462 e. The van der Waals surface area contributed by atoms with Crippen LogP contribution in [0.4, 0.5) is 10.1 Å². The van der Waals surface area contributed by atoms with Crippen molar-refractivity contribution >= 4 is 40.9 Å². The van der Waals surface area contributed by atoms with Gasteiger partial charge in [-0.05, 0) is 44.5 Å². The number of hydrogen-bond donors (Lipinski definition) is 1. The topological polar surface area (TPSA) is 55.4 Å². The number of carbonyl (C=O) groups excluding carboxylic acids is 2. The number of thioether (sulfide) groups is 1. The van der Waals surface area contributed by atoms with Crippen molar-refractivity contribution in [3.63, 3.8) is 0 Å². The van der Waals surface area contributed by atoms with Gasteiger partial charge >= 0.3 is 5.97 Å². The summed E-state index contributed by atoms with van der Waals surface area (Å²) in [4.78, 5) is 25.2. The highest BCUT2D eigenvalue weighted by atomic mass is 35.5. The Morgan fingerprint density at radius 2 is 1.89 bits per heavy atom. The van der Waals surface area contributed by atoms with Crippen LogP contribution in [0.25, 0.3) is 0 Å².